The van der Waals surface area contributed by atoms with Crippen molar-refractivity contribution in [2.45, 2.75) is 5.92 Å². The summed E-state index contributed by atoms with van der Waals surface area (Å²) in [5, 5.41) is 14.8. The fourth-order valence-corrected chi connectivity index (χ4v) is 4.06. The van der Waals surface area contributed by atoms with Gasteiger partial charge in [0.25, 0.3) is 0 Å². The summed E-state index contributed by atoms with van der Waals surface area (Å²) in [5.74, 6) is -0.397. The van der Waals surface area contributed by atoms with Gasteiger partial charge in [0, 0.05) is 18.8 Å². The summed E-state index contributed by atoms with van der Waals surface area (Å²) in [7, 11) is 3.41. The number of imidazole rings is 1. The molecule has 2 aromatic heterocycles. The van der Waals surface area contributed by atoms with Gasteiger partial charge in [-0.2, -0.15) is 10.4 Å². The maximum Gasteiger partial charge on any atom is 0.191 e. The quantitative estimate of drug-likeness (QED) is 0.345. The Hall–Kier alpha value is -4.70. The van der Waals surface area contributed by atoms with Gasteiger partial charge in [-0.1, -0.05) is 42.5 Å². The van der Waals surface area contributed by atoms with Crippen LogP contribution in [0.3, 0.4) is 0 Å². The Kier molecular flexibility index (Phi) is 5.40. The maximum absolute atomic E-state index is 13.8. The molecule has 0 saturated heterocycles. The Bertz CT molecular complexity index is 1540. The fraction of sp³-hybridized carbons (Fsp3) is 0.111. The Morgan fingerprint density at radius 3 is 2.53 bits per heavy atom. The first-order valence-electron chi connectivity index (χ1n) is 10.8. The minimum atomic E-state index is -1.09. The highest BCUT2D eigenvalue weighted by Gasteiger charge is 2.31. The highest BCUT2D eigenvalue weighted by Crippen LogP contribution is 2.31. The van der Waals surface area contributed by atoms with E-state index >= 15 is 0 Å². The molecule has 5 rings (SSSR count). The van der Waals surface area contributed by atoms with Crippen LogP contribution in [0, 0.1) is 11.3 Å². The summed E-state index contributed by atoms with van der Waals surface area (Å²) in [6.45, 7) is 0. The molecular formula is C27H21N5O2. The summed E-state index contributed by atoms with van der Waals surface area (Å²) in [4.78, 5) is 18.4. The molecule has 0 amide bonds. The number of benzene rings is 3. The van der Waals surface area contributed by atoms with Crippen molar-refractivity contribution in [2.75, 3.05) is 7.11 Å². The molecular weight excluding hydrogens is 426 g/mol. The smallest absolute Gasteiger partial charge is 0.191 e. The normalized spacial score (nSPS) is 11.8. The third kappa shape index (κ3) is 3.61. The largest absolute Gasteiger partial charge is 0.497 e. The van der Waals surface area contributed by atoms with Crippen LogP contribution in [-0.2, 0) is 7.05 Å². The van der Waals surface area contributed by atoms with Gasteiger partial charge in [-0.3, -0.25) is 4.79 Å². The van der Waals surface area contributed by atoms with E-state index in [1.165, 1.54) is 0 Å². The number of nitrogens with zero attached hydrogens (tertiary/aromatic N) is 5. The van der Waals surface area contributed by atoms with E-state index in [0.29, 0.717) is 22.8 Å². The van der Waals surface area contributed by atoms with Crippen LogP contribution >= 0.6 is 0 Å². The van der Waals surface area contributed by atoms with Gasteiger partial charge >= 0.3 is 0 Å². The molecule has 0 aliphatic carbocycles. The molecule has 1 atom stereocenters. The molecule has 0 N–H and O–H groups in total. The van der Waals surface area contributed by atoms with E-state index in [-0.39, 0.29) is 5.78 Å². The molecule has 34 heavy (non-hydrogen) atoms. The van der Waals surface area contributed by atoms with Gasteiger partial charge in [0.05, 0.1) is 35.5 Å². The van der Waals surface area contributed by atoms with E-state index in [1.807, 2.05) is 85.9 Å². The van der Waals surface area contributed by atoms with Crippen molar-refractivity contribution in [1.29, 1.82) is 5.26 Å². The fourth-order valence-electron chi connectivity index (χ4n) is 4.06. The number of hydrogen-bond donors (Lipinski definition) is 0. The minimum absolute atomic E-state index is 0.343. The van der Waals surface area contributed by atoms with Gasteiger partial charge < -0.3 is 9.30 Å². The number of Topliss-reactive ketones (excluding diaryl/α,β-unsaturated/α-hetero) is 1. The Morgan fingerprint density at radius 2 is 1.79 bits per heavy atom. The molecule has 0 bridgehead atoms. The minimum Gasteiger partial charge on any atom is -0.497 e. The number of methoxy groups -OCH3 is 1. The number of hydrogen-bond acceptors (Lipinski definition) is 5. The van der Waals surface area contributed by atoms with Crippen molar-refractivity contribution in [2.24, 2.45) is 7.05 Å². The number of para-hydroxylation sites is 3. The number of rotatable bonds is 6. The topological polar surface area (TPSA) is 85.7 Å². The number of nitriles is 1. The molecule has 0 aliphatic rings. The first-order valence-corrected chi connectivity index (χ1v) is 10.8. The zero-order valence-electron chi connectivity index (χ0n) is 18.7. The van der Waals surface area contributed by atoms with E-state index in [9.17, 15) is 10.1 Å². The number of ether oxygens (including phenoxy) is 1. The number of fused-ring (bicyclic) bond motifs is 1. The number of carbonyl (C=O) groups is 1. The summed E-state index contributed by atoms with van der Waals surface area (Å²) >= 11 is 0. The predicted octanol–water partition coefficient (Wildman–Crippen LogP) is 4.92. The molecule has 0 spiro atoms. The second-order valence-corrected chi connectivity index (χ2v) is 7.85. The van der Waals surface area contributed by atoms with Crippen molar-refractivity contribution in [3.05, 3.63) is 96.4 Å². The van der Waals surface area contributed by atoms with Crippen LogP contribution < -0.4 is 4.74 Å². The highest BCUT2D eigenvalue weighted by atomic mass is 16.5. The number of ketones is 1. The lowest BCUT2D eigenvalue weighted by atomic mass is 9.96. The molecule has 2 heterocycles. The average Bonchev–Trinajstić information content (AvgIpc) is 3.48. The van der Waals surface area contributed by atoms with E-state index in [2.05, 4.69) is 11.1 Å². The maximum atomic E-state index is 13.8. The second kappa shape index (κ2) is 8.68. The predicted molar refractivity (Wildman–Crippen MR) is 129 cm³/mol. The van der Waals surface area contributed by atoms with Gasteiger partial charge in [-0.25, -0.2) is 9.67 Å². The third-order valence-corrected chi connectivity index (χ3v) is 5.81. The summed E-state index contributed by atoms with van der Waals surface area (Å²) in [6, 6.07) is 26.6. The monoisotopic (exact) mass is 447 g/mol. The molecule has 7 heteroatoms. The second-order valence-electron chi connectivity index (χ2n) is 7.85. The summed E-state index contributed by atoms with van der Waals surface area (Å²) < 4.78 is 8.83. The van der Waals surface area contributed by atoms with Gasteiger partial charge in [0.1, 0.15) is 17.3 Å². The zero-order valence-corrected chi connectivity index (χ0v) is 18.7. The van der Waals surface area contributed by atoms with Crippen LogP contribution in [0.25, 0.3) is 28.0 Å². The molecule has 0 aliphatic heterocycles. The van der Waals surface area contributed by atoms with Crippen molar-refractivity contribution in [3.8, 4) is 28.8 Å². The lowest BCUT2D eigenvalue weighted by molar-refractivity contribution is 0.0976. The number of carbonyl (C=O) groups excluding carboxylic acids is 1. The van der Waals surface area contributed by atoms with Gasteiger partial charge in [0.2, 0.25) is 0 Å². The lowest BCUT2D eigenvalue weighted by Gasteiger charge is -2.09. The Labute approximate surface area is 196 Å². The van der Waals surface area contributed by atoms with Crippen molar-refractivity contribution >= 4 is 16.8 Å². The van der Waals surface area contributed by atoms with Crippen LogP contribution in [0.4, 0.5) is 0 Å². The molecule has 7 nitrogen and oxygen atoms in total. The summed E-state index contributed by atoms with van der Waals surface area (Å²) in [5.41, 5.74) is 3.95. The van der Waals surface area contributed by atoms with Crippen LogP contribution in [0.1, 0.15) is 22.1 Å². The van der Waals surface area contributed by atoms with E-state index in [4.69, 9.17) is 9.84 Å². The Balaban J connectivity index is 1.66. The van der Waals surface area contributed by atoms with Gasteiger partial charge in [-0.05, 0) is 36.4 Å². The first kappa shape index (κ1) is 21.2. The molecule has 5 aromatic rings. The number of aromatic nitrogens is 4. The van der Waals surface area contributed by atoms with Crippen LogP contribution in [0.2, 0.25) is 0 Å². The number of aryl methyl sites for hydroxylation is 1. The van der Waals surface area contributed by atoms with Crippen LogP contribution in [0.5, 0.6) is 5.75 Å². The SMILES string of the molecule is COc1cccc(-c2nn(-c3ccccc3)cc2C(=O)[C@H](C#N)c2nc3ccccc3n2C)c1. The lowest BCUT2D eigenvalue weighted by Crippen LogP contribution is -2.16. The van der Waals surface area contributed by atoms with E-state index in [1.54, 1.807) is 22.6 Å². The molecule has 0 saturated carbocycles. The third-order valence-electron chi connectivity index (χ3n) is 5.81. The first-order chi connectivity index (χ1) is 16.6. The van der Waals surface area contributed by atoms with Crippen molar-refractivity contribution < 1.29 is 9.53 Å². The van der Waals surface area contributed by atoms with Crippen molar-refractivity contribution in [3.63, 3.8) is 0 Å². The van der Waals surface area contributed by atoms with Gasteiger partial charge in [-0.15, -0.1) is 0 Å². The van der Waals surface area contributed by atoms with E-state index < -0.39 is 5.92 Å². The molecule has 3 aromatic carbocycles. The zero-order chi connectivity index (χ0) is 23.7. The Morgan fingerprint density at radius 1 is 1.03 bits per heavy atom. The molecule has 166 valence electrons. The highest BCUT2D eigenvalue weighted by molar-refractivity contribution is 6.06. The van der Waals surface area contributed by atoms with Crippen LogP contribution in [0.15, 0.2) is 85.1 Å². The standard InChI is InChI=1S/C27H21N5O2/c1-31-24-14-7-6-13-23(24)29-27(31)21(16-28)26(33)22-17-32(19-10-4-3-5-11-19)30-25(22)18-9-8-12-20(15-18)34-2/h3-15,17,21H,1-2H3/t21-/m0/s1. The summed E-state index contributed by atoms with van der Waals surface area (Å²) in [6.07, 6.45) is 1.68. The van der Waals surface area contributed by atoms with Crippen molar-refractivity contribution in [1.82, 2.24) is 19.3 Å². The van der Waals surface area contributed by atoms with Gasteiger partial charge in [0.15, 0.2) is 11.7 Å². The average molecular weight is 447 g/mol. The molecule has 0 fully saturated rings. The van der Waals surface area contributed by atoms with Crippen LogP contribution in [-0.4, -0.2) is 32.2 Å². The molecule has 0 radical (unpaired) electrons. The molecule has 0 unspecified atom stereocenters. The van der Waals surface area contributed by atoms with E-state index in [0.717, 1.165) is 22.3 Å².